The minimum atomic E-state index is -0.595. The van der Waals surface area contributed by atoms with E-state index in [0.29, 0.717) is 17.1 Å². The molecule has 0 heterocycles. The number of benzene rings is 1. The van der Waals surface area contributed by atoms with Crippen molar-refractivity contribution in [1.82, 2.24) is 0 Å². The molecule has 0 radical (unpaired) electrons. The average molecular weight is 195 g/mol. The first-order valence-corrected chi connectivity index (χ1v) is 3.96. The van der Waals surface area contributed by atoms with Crippen molar-refractivity contribution >= 4 is 0 Å². The summed E-state index contributed by atoms with van der Waals surface area (Å²) in [6, 6.07) is 2.92. The van der Waals surface area contributed by atoms with E-state index in [-0.39, 0.29) is 5.56 Å². The van der Waals surface area contributed by atoms with Crippen molar-refractivity contribution in [3.05, 3.63) is 23.0 Å². The number of hydrogen-bond donors (Lipinski definition) is 0. The van der Waals surface area contributed by atoms with Crippen molar-refractivity contribution in [3.63, 3.8) is 0 Å². The van der Waals surface area contributed by atoms with Crippen LogP contribution in [0.5, 0.6) is 11.5 Å². The Labute approximate surface area is 81.7 Å². The highest BCUT2D eigenvalue weighted by atomic mass is 19.1. The Balaban J connectivity index is 3.49. The molecular weight excluding hydrogens is 185 g/mol. The van der Waals surface area contributed by atoms with Crippen LogP contribution in [0, 0.1) is 24.1 Å². The van der Waals surface area contributed by atoms with Gasteiger partial charge in [0.15, 0.2) is 11.5 Å². The maximum Gasteiger partial charge on any atom is 0.165 e. The third-order valence-corrected chi connectivity index (χ3v) is 1.97. The second-order valence-electron chi connectivity index (χ2n) is 2.71. The molecule has 1 aromatic carbocycles. The van der Waals surface area contributed by atoms with E-state index in [1.165, 1.54) is 14.2 Å². The van der Waals surface area contributed by atoms with Crippen LogP contribution in [0.4, 0.5) is 4.39 Å². The van der Waals surface area contributed by atoms with Crippen LogP contribution < -0.4 is 9.47 Å². The van der Waals surface area contributed by atoms with E-state index in [1.54, 1.807) is 13.0 Å². The molecule has 0 unspecified atom stereocenters. The quantitative estimate of drug-likeness (QED) is 0.725. The van der Waals surface area contributed by atoms with Gasteiger partial charge in [-0.1, -0.05) is 0 Å². The Kier molecular flexibility index (Phi) is 2.92. The zero-order valence-corrected chi connectivity index (χ0v) is 8.22. The van der Waals surface area contributed by atoms with E-state index >= 15 is 0 Å². The fraction of sp³-hybridized carbons (Fsp3) is 0.300. The maximum absolute atomic E-state index is 13.3. The number of hydrogen-bond acceptors (Lipinski definition) is 3. The van der Waals surface area contributed by atoms with Crippen LogP contribution in [0.2, 0.25) is 0 Å². The zero-order valence-electron chi connectivity index (χ0n) is 8.22. The fourth-order valence-corrected chi connectivity index (χ4v) is 1.27. The van der Waals surface area contributed by atoms with Gasteiger partial charge >= 0.3 is 0 Å². The molecule has 0 bridgehead atoms. The standard InChI is InChI=1S/C10H10FNO2/c1-6-7(5-12)8(11)4-9(13-2)10(6)14-3/h4H,1-3H3. The molecule has 0 aliphatic heterocycles. The third-order valence-electron chi connectivity index (χ3n) is 1.97. The normalized spacial score (nSPS) is 9.36. The lowest BCUT2D eigenvalue weighted by molar-refractivity contribution is 0.350. The molecule has 0 saturated carbocycles. The highest BCUT2D eigenvalue weighted by molar-refractivity contribution is 5.54. The lowest BCUT2D eigenvalue weighted by Crippen LogP contribution is -1.98. The summed E-state index contributed by atoms with van der Waals surface area (Å²) in [7, 11) is 2.87. The summed E-state index contributed by atoms with van der Waals surface area (Å²) in [5.41, 5.74) is 0.439. The molecule has 14 heavy (non-hydrogen) atoms. The van der Waals surface area contributed by atoms with E-state index in [0.717, 1.165) is 6.07 Å². The van der Waals surface area contributed by atoms with Crippen molar-refractivity contribution in [3.8, 4) is 17.6 Å². The second kappa shape index (κ2) is 3.97. The number of ether oxygens (including phenoxy) is 2. The Morgan fingerprint density at radius 2 is 2.00 bits per heavy atom. The molecule has 0 aliphatic rings. The van der Waals surface area contributed by atoms with Crippen LogP contribution in [-0.4, -0.2) is 14.2 Å². The minimum Gasteiger partial charge on any atom is -0.493 e. The molecule has 0 aromatic heterocycles. The maximum atomic E-state index is 13.3. The predicted molar refractivity (Wildman–Crippen MR) is 49.0 cm³/mol. The van der Waals surface area contributed by atoms with E-state index in [1.807, 2.05) is 0 Å². The largest absolute Gasteiger partial charge is 0.493 e. The molecule has 3 nitrogen and oxygen atoms in total. The first-order chi connectivity index (χ1) is 6.65. The van der Waals surface area contributed by atoms with Gasteiger partial charge in [-0.05, 0) is 6.92 Å². The van der Waals surface area contributed by atoms with E-state index in [4.69, 9.17) is 14.7 Å². The Morgan fingerprint density at radius 3 is 2.43 bits per heavy atom. The van der Waals surface area contributed by atoms with Crippen LogP contribution in [0.1, 0.15) is 11.1 Å². The first-order valence-electron chi connectivity index (χ1n) is 3.96. The summed E-state index contributed by atoms with van der Waals surface area (Å²) in [6.07, 6.45) is 0. The molecule has 74 valence electrons. The lowest BCUT2D eigenvalue weighted by atomic mass is 10.1. The number of methoxy groups -OCH3 is 2. The van der Waals surface area contributed by atoms with Crippen LogP contribution in [-0.2, 0) is 0 Å². The van der Waals surface area contributed by atoms with Gasteiger partial charge in [0.1, 0.15) is 11.9 Å². The molecule has 0 fully saturated rings. The molecule has 4 heteroatoms. The number of rotatable bonds is 2. The molecule has 1 aromatic rings. The van der Waals surface area contributed by atoms with Gasteiger partial charge in [-0.15, -0.1) is 0 Å². The van der Waals surface area contributed by atoms with Crippen LogP contribution in [0.15, 0.2) is 6.07 Å². The zero-order chi connectivity index (χ0) is 10.7. The van der Waals surface area contributed by atoms with Gasteiger partial charge in [0, 0.05) is 11.6 Å². The van der Waals surface area contributed by atoms with Gasteiger partial charge in [-0.25, -0.2) is 4.39 Å². The lowest BCUT2D eigenvalue weighted by Gasteiger charge is -2.11. The van der Waals surface area contributed by atoms with Crippen molar-refractivity contribution in [2.75, 3.05) is 14.2 Å². The summed E-state index contributed by atoms with van der Waals surface area (Å²) >= 11 is 0. The highest BCUT2D eigenvalue weighted by Gasteiger charge is 2.15. The van der Waals surface area contributed by atoms with Gasteiger partial charge in [0.05, 0.1) is 19.8 Å². The van der Waals surface area contributed by atoms with Gasteiger partial charge in [-0.2, -0.15) is 5.26 Å². The Hall–Kier alpha value is -1.76. The number of nitrogens with zero attached hydrogens (tertiary/aromatic N) is 1. The average Bonchev–Trinajstić information content (AvgIpc) is 2.17. The summed E-state index contributed by atoms with van der Waals surface area (Å²) in [4.78, 5) is 0. The molecule has 0 spiro atoms. The second-order valence-corrected chi connectivity index (χ2v) is 2.71. The molecular formula is C10H10FNO2. The van der Waals surface area contributed by atoms with E-state index in [2.05, 4.69) is 0 Å². The Morgan fingerprint density at radius 1 is 1.36 bits per heavy atom. The van der Waals surface area contributed by atoms with E-state index < -0.39 is 5.82 Å². The molecule has 0 N–H and O–H groups in total. The molecule has 0 amide bonds. The SMILES string of the molecule is COc1cc(F)c(C#N)c(C)c1OC. The van der Waals surface area contributed by atoms with Gasteiger partial charge < -0.3 is 9.47 Å². The van der Waals surface area contributed by atoms with Crippen LogP contribution >= 0.6 is 0 Å². The highest BCUT2D eigenvalue weighted by Crippen LogP contribution is 2.34. The van der Waals surface area contributed by atoms with E-state index in [9.17, 15) is 4.39 Å². The third kappa shape index (κ3) is 1.49. The summed E-state index contributed by atoms with van der Waals surface area (Å²) in [6.45, 7) is 1.61. The summed E-state index contributed by atoms with van der Waals surface area (Å²) in [5.74, 6) is 0.0922. The number of nitriles is 1. The molecule has 0 aliphatic carbocycles. The van der Waals surface area contributed by atoms with Crippen molar-refractivity contribution in [2.24, 2.45) is 0 Å². The monoisotopic (exact) mass is 195 g/mol. The van der Waals surface area contributed by atoms with Crippen molar-refractivity contribution in [2.45, 2.75) is 6.92 Å². The topological polar surface area (TPSA) is 42.2 Å². The van der Waals surface area contributed by atoms with Gasteiger partial charge in [0.25, 0.3) is 0 Å². The van der Waals surface area contributed by atoms with Crippen LogP contribution in [0.25, 0.3) is 0 Å². The first kappa shape index (κ1) is 10.3. The summed E-state index contributed by atoms with van der Waals surface area (Å²) in [5, 5.41) is 8.70. The number of halogens is 1. The molecule has 0 atom stereocenters. The van der Waals surface area contributed by atoms with Gasteiger partial charge in [0.2, 0.25) is 0 Å². The molecule has 1 rings (SSSR count). The Bertz CT molecular complexity index is 396. The van der Waals surface area contributed by atoms with Crippen molar-refractivity contribution in [1.29, 1.82) is 5.26 Å². The van der Waals surface area contributed by atoms with Crippen LogP contribution in [0.3, 0.4) is 0 Å². The predicted octanol–water partition coefficient (Wildman–Crippen LogP) is 2.02. The fourth-order valence-electron chi connectivity index (χ4n) is 1.27. The smallest absolute Gasteiger partial charge is 0.165 e. The van der Waals surface area contributed by atoms with Crippen molar-refractivity contribution < 1.29 is 13.9 Å². The van der Waals surface area contributed by atoms with Gasteiger partial charge in [-0.3, -0.25) is 0 Å². The molecule has 0 saturated heterocycles. The minimum absolute atomic E-state index is 0.0114. The summed E-state index contributed by atoms with van der Waals surface area (Å²) < 4.78 is 23.2.